The maximum atomic E-state index is 14.1. The highest BCUT2D eigenvalue weighted by Gasteiger charge is 2.37. The number of ether oxygens (including phenoxy) is 1. The molecule has 4 heterocycles. The van der Waals surface area contributed by atoms with Crippen LogP contribution in [0.15, 0.2) is 30.7 Å². The van der Waals surface area contributed by atoms with Crippen molar-refractivity contribution in [3.63, 3.8) is 0 Å². The summed E-state index contributed by atoms with van der Waals surface area (Å²) in [4.78, 5) is 28.2. The largest absolute Gasteiger partial charge is 0.444 e. The number of aromatic nitrogens is 3. The van der Waals surface area contributed by atoms with Crippen LogP contribution in [0, 0.1) is 11.6 Å². The molecule has 8 nitrogen and oxygen atoms in total. The van der Waals surface area contributed by atoms with Gasteiger partial charge in [-0.3, -0.25) is 4.57 Å². The molecule has 2 aliphatic heterocycles. The Morgan fingerprint density at radius 2 is 1.72 bits per heavy atom. The van der Waals surface area contributed by atoms with Gasteiger partial charge in [0.05, 0.1) is 16.8 Å². The summed E-state index contributed by atoms with van der Waals surface area (Å²) in [6, 6.07) is 3.32. The number of anilines is 2. The van der Waals surface area contributed by atoms with E-state index in [1.807, 2.05) is 33.9 Å². The first-order valence-corrected chi connectivity index (χ1v) is 12.4. The molecule has 0 saturated carbocycles. The number of hydrogen-bond acceptors (Lipinski definition) is 6. The maximum Gasteiger partial charge on any atom is 0.410 e. The van der Waals surface area contributed by atoms with E-state index in [-0.39, 0.29) is 18.2 Å². The Balaban J connectivity index is 1.56. The summed E-state index contributed by atoms with van der Waals surface area (Å²) in [5, 5.41) is 0.839. The zero-order valence-electron chi connectivity index (χ0n) is 21.3. The van der Waals surface area contributed by atoms with Gasteiger partial charge in [0.25, 0.3) is 0 Å². The highest BCUT2D eigenvalue weighted by Crippen LogP contribution is 2.39. The number of carbonyl (C=O) groups is 1. The number of halogens is 2. The molecule has 2 saturated heterocycles. The summed E-state index contributed by atoms with van der Waals surface area (Å²) < 4.78 is 35.5. The lowest BCUT2D eigenvalue weighted by atomic mass is 10.1. The van der Waals surface area contributed by atoms with Crippen LogP contribution >= 0.6 is 0 Å². The summed E-state index contributed by atoms with van der Waals surface area (Å²) in [6.07, 6.45) is 4.13. The summed E-state index contributed by atoms with van der Waals surface area (Å²) in [7, 11) is 0. The third kappa shape index (κ3) is 4.44. The van der Waals surface area contributed by atoms with Crippen molar-refractivity contribution in [2.45, 2.75) is 58.7 Å². The van der Waals surface area contributed by atoms with Crippen LogP contribution in [0.2, 0.25) is 0 Å². The van der Waals surface area contributed by atoms with Gasteiger partial charge in [0, 0.05) is 50.5 Å². The molecule has 3 aromatic rings. The lowest BCUT2D eigenvalue weighted by Crippen LogP contribution is -2.59. The van der Waals surface area contributed by atoms with Crippen molar-refractivity contribution in [3.8, 4) is 5.69 Å². The van der Waals surface area contributed by atoms with Gasteiger partial charge in [-0.15, -0.1) is 0 Å². The molecule has 2 aromatic heterocycles. The van der Waals surface area contributed by atoms with Crippen molar-refractivity contribution in [2.24, 2.45) is 0 Å². The normalized spacial score (nSPS) is 20.6. The van der Waals surface area contributed by atoms with Crippen LogP contribution in [0.5, 0.6) is 0 Å². The van der Waals surface area contributed by atoms with E-state index in [0.717, 1.165) is 42.5 Å². The predicted molar refractivity (Wildman–Crippen MR) is 135 cm³/mol. The number of rotatable bonds is 3. The average molecular weight is 499 g/mol. The molecule has 0 radical (unpaired) electrons. The van der Waals surface area contributed by atoms with E-state index in [2.05, 4.69) is 26.7 Å². The fourth-order valence-electron chi connectivity index (χ4n) is 4.91. The van der Waals surface area contributed by atoms with E-state index in [1.165, 1.54) is 18.5 Å². The van der Waals surface area contributed by atoms with E-state index < -0.39 is 17.2 Å². The SMILES string of the molecule is CC1CN(c2ncnc3c2c(N2CCC2)cn3-c2cc(F)cc(F)c2)C(C)CN1C(=O)OC(C)(C)C. The zero-order valence-corrected chi connectivity index (χ0v) is 21.3. The highest BCUT2D eigenvalue weighted by molar-refractivity contribution is 6.01. The topological polar surface area (TPSA) is 66.7 Å². The van der Waals surface area contributed by atoms with Crippen molar-refractivity contribution in [3.05, 3.63) is 42.4 Å². The quantitative estimate of drug-likeness (QED) is 0.520. The number of fused-ring (bicyclic) bond motifs is 1. The van der Waals surface area contributed by atoms with Crippen LogP contribution in [0.1, 0.15) is 41.0 Å². The van der Waals surface area contributed by atoms with Crippen molar-refractivity contribution in [2.75, 3.05) is 36.0 Å². The molecule has 1 amide bonds. The number of amides is 1. The molecule has 192 valence electrons. The minimum absolute atomic E-state index is 0.0361. The van der Waals surface area contributed by atoms with Crippen LogP contribution in [0.25, 0.3) is 16.7 Å². The molecule has 0 aliphatic carbocycles. The van der Waals surface area contributed by atoms with Gasteiger partial charge in [-0.25, -0.2) is 23.5 Å². The zero-order chi connectivity index (χ0) is 25.8. The molecule has 36 heavy (non-hydrogen) atoms. The lowest BCUT2D eigenvalue weighted by Gasteiger charge is -2.45. The summed E-state index contributed by atoms with van der Waals surface area (Å²) in [6.45, 7) is 12.5. The highest BCUT2D eigenvalue weighted by atomic mass is 19.1. The Hall–Kier alpha value is -3.43. The fourth-order valence-corrected chi connectivity index (χ4v) is 4.91. The van der Waals surface area contributed by atoms with Crippen LogP contribution < -0.4 is 9.80 Å². The lowest BCUT2D eigenvalue weighted by molar-refractivity contribution is 0.0130. The monoisotopic (exact) mass is 498 g/mol. The van der Waals surface area contributed by atoms with Crippen LogP contribution in [0.4, 0.5) is 25.1 Å². The molecule has 2 atom stereocenters. The molecular weight excluding hydrogens is 466 g/mol. The van der Waals surface area contributed by atoms with E-state index in [9.17, 15) is 13.6 Å². The average Bonchev–Trinajstić information content (AvgIpc) is 3.11. The minimum atomic E-state index is -0.646. The second-order valence-corrected chi connectivity index (χ2v) is 10.7. The summed E-state index contributed by atoms with van der Waals surface area (Å²) in [5.74, 6) is -0.541. The standard InChI is InChI=1S/C26H32F2N6O2/c1-16-13-33(25(35)36-26(3,4)5)17(2)12-32(16)23-22-21(31-7-6-8-31)14-34(24(22)30-15-29-23)20-10-18(27)9-19(28)11-20/h9-11,14-17H,6-8,12-13H2,1-5H3. The molecule has 2 fully saturated rings. The minimum Gasteiger partial charge on any atom is -0.444 e. The van der Waals surface area contributed by atoms with E-state index in [1.54, 1.807) is 9.47 Å². The van der Waals surface area contributed by atoms with Crippen LogP contribution in [-0.2, 0) is 4.74 Å². The number of piperazine rings is 1. The van der Waals surface area contributed by atoms with E-state index >= 15 is 0 Å². The Morgan fingerprint density at radius 1 is 1.03 bits per heavy atom. The number of benzene rings is 1. The van der Waals surface area contributed by atoms with Gasteiger partial charge in [-0.1, -0.05) is 0 Å². The van der Waals surface area contributed by atoms with Gasteiger partial charge in [-0.2, -0.15) is 0 Å². The van der Waals surface area contributed by atoms with Gasteiger partial charge < -0.3 is 19.4 Å². The van der Waals surface area contributed by atoms with Gasteiger partial charge in [0.1, 0.15) is 29.4 Å². The van der Waals surface area contributed by atoms with E-state index in [0.29, 0.717) is 24.4 Å². The smallest absolute Gasteiger partial charge is 0.410 e. The Kier molecular flexibility index (Phi) is 6.00. The second kappa shape index (κ2) is 8.90. The van der Waals surface area contributed by atoms with Crippen molar-refractivity contribution < 1.29 is 18.3 Å². The summed E-state index contributed by atoms with van der Waals surface area (Å²) >= 11 is 0. The molecule has 0 bridgehead atoms. The summed E-state index contributed by atoms with van der Waals surface area (Å²) in [5.41, 5.74) is 1.32. The molecule has 0 spiro atoms. The van der Waals surface area contributed by atoms with E-state index in [4.69, 9.17) is 4.74 Å². The molecule has 2 unspecified atom stereocenters. The molecular formula is C26H32F2N6O2. The van der Waals surface area contributed by atoms with Crippen LogP contribution in [0.3, 0.4) is 0 Å². The molecule has 2 aliphatic rings. The van der Waals surface area contributed by atoms with Crippen molar-refractivity contribution in [1.29, 1.82) is 0 Å². The molecule has 10 heteroatoms. The fraction of sp³-hybridized carbons (Fsp3) is 0.500. The second-order valence-electron chi connectivity index (χ2n) is 10.7. The maximum absolute atomic E-state index is 14.1. The van der Waals surface area contributed by atoms with Gasteiger partial charge >= 0.3 is 6.09 Å². The molecule has 0 N–H and O–H groups in total. The Morgan fingerprint density at radius 3 is 2.33 bits per heavy atom. The first kappa shape index (κ1) is 24.3. The molecule has 1 aromatic carbocycles. The third-order valence-electron chi connectivity index (χ3n) is 6.75. The number of nitrogens with zero attached hydrogens (tertiary/aromatic N) is 6. The number of hydrogen-bond donors (Lipinski definition) is 0. The van der Waals surface area contributed by atoms with Crippen molar-refractivity contribution >= 4 is 28.6 Å². The van der Waals surface area contributed by atoms with Gasteiger partial charge in [0.2, 0.25) is 0 Å². The van der Waals surface area contributed by atoms with Gasteiger partial charge in [0.15, 0.2) is 5.65 Å². The Bertz CT molecular complexity index is 1280. The van der Waals surface area contributed by atoms with Crippen molar-refractivity contribution in [1.82, 2.24) is 19.4 Å². The first-order valence-electron chi connectivity index (χ1n) is 12.4. The predicted octanol–water partition coefficient (Wildman–Crippen LogP) is 4.74. The van der Waals surface area contributed by atoms with Crippen LogP contribution in [-0.4, -0.2) is 69.4 Å². The number of carbonyl (C=O) groups excluding carboxylic acids is 1. The van der Waals surface area contributed by atoms with Gasteiger partial charge in [-0.05, 0) is 53.2 Å². The first-order chi connectivity index (χ1) is 17.0. The Labute approximate surface area is 209 Å². The third-order valence-corrected chi connectivity index (χ3v) is 6.75. The molecule has 5 rings (SSSR count).